The Morgan fingerprint density at radius 1 is 1.15 bits per heavy atom. The number of hydrogen-bond donors (Lipinski definition) is 0. The largest absolute Gasteiger partial charge is 0.351 e. The van der Waals surface area contributed by atoms with Gasteiger partial charge in [0.05, 0.1) is 17.5 Å². The molecule has 0 N–H and O–H groups in total. The maximum absolute atomic E-state index is 12.0. The van der Waals surface area contributed by atoms with Gasteiger partial charge in [-0.1, -0.05) is 30.3 Å². The Labute approximate surface area is 153 Å². The first-order chi connectivity index (χ1) is 12.4. The predicted molar refractivity (Wildman–Crippen MR) is 102 cm³/mol. The summed E-state index contributed by atoms with van der Waals surface area (Å²) in [6.07, 6.45) is 0.581. The lowest BCUT2D eigenvalue weighted by Gasteiger charge is -2.11. The second-order valence-corrected chi connectivity index (χ2v) is 9.20. The summed E-state index contributed by atoms with van der Waals surface area (Å²) in [7, 11) is -0.984. The molecule has 1 aliphatic rings. The highest BCUT2D eigenvalue weighted by molar-refractivity contribution is 7.91. The lowest BCUT2D eigenvalue weighted by Crippen LogP contribution is -2.14. The van der Waals surface area contributed by atoms with Crippen molar-refractivity contribution >= 4 is 9.84 Å². The summed E-state index contributed by atoms with van der Waals surface area (Å²) in [6, 6.07) is 11.7. The summed E-state index contributed by atoms with van der Waals surface area (Å²) in [5, 5.41) is 4.72. The summed E-state index contributed by atoms with van der Waals surface area (Å²) in [6.45, 7) is 4.10. The van der Waals surface area contributed by atoms with Crippen molar-refractivity contribution in [3.8, 4) is 22.8 Å². The molecule has 7 heteroatoms. The van der Waals surface area contributed by atoms with Gasteiger partial charge in [0, 0.05) is 29.6 Å². The molecule has 0 bridgehead atoms. The summed E-state index contributed by atoms with van der Waals surface area (Å²) >= 11 is 0. The van der Waals surface area contributed by atoms with Gasteiger partial charge in [-0.3, -0.25) is 0 Å². The Kier molecular flexibility index (Phi) is 3.99. The monoisotopic (exact) mass is 370 g/mol. The average molecular weight is 370 g/mol. The molecule has 1 saturated heterocycles. The quantitative estimate of drug-likeness (QED) is 0.711. The van der Waals surface area contributed by atoms with Crippen LogP contribution in [0.5, 0.6) is 0 Å². The van der Waals surface area contributed by atoms with Gasteiger partial charge in [0.1, 0.15) is 0 Å². The summed E-state index contributed by atoms with van der Waals surface area (Å²) in [5.41, 5.74) is 4.16. The van der Waals surface area contributed by atoms with Crippen molar-refractivity contribution in [3.63, 3.8) is 0 Å². The molecule has 3 heterocycles. The van der Waals surface area contributed by atoms with Gasteiger partial charge in [0.15, 0.2) is 21.5 Å². The van der Waals surface area contributed by atoms with Crippen LogP contribution in [0.15, 0.2) is 36.4 Å². The Balaban J connectivity index is 1.88. The molecule has 0 amide bonds. The van der Waals surface area contributed by atoms with E-state index in [2.05, 4.69) is 24.5 Å². The normalized spacial score (nSPS) is 19.1. The Morgan fingerprint density at radius 2 is 1.88 bits per heavy atom. The SMILES string of the molecule is Cc1cc(-c2nc(-c3ccccc3)nn2C2CCS(=O)(=O)C2)c(C)n1C. The van der Waals surface area contributed by atoms with Crippen molar-refractivity contribution in [1.82, 2.24) is 19.3 Å². The molecule has 6 nitrogen and oxygen atoms in total. The number of aryl methyl sites for hydroxylation is 1. The molecule has 1 fully saturated rings. The summed E-state index contributed by atoms with van der Waals surface area (Å²) < 4.78 is 27.9. The maximum Gasteiger partial charge on any atom is 0.181 e. The molecule has 0 spiro atoms. The van der Waals surface area contributed by atoms with Crippen LogP contribution in [0.25, 0.3) is 22.8 Å². The summed E-state index contributed by atoms with van der Waals surface area (Å²) in [4.78, 5) is 4.80. The van der Waals surface area contributed by atoms with Gasteiger partial charge in [-0.15, -0.1) is 0 Å². The van der Waals surface area contributed by atoms with Gasteiger partial charge in [-0.05, 0) is 26.3 Å². The third kappa shape index (κ3) is 2.86. The van der Waals surface area contributed by atoms with Crippen molar-refractivity contribution in [1.29, 1.82) is 0 Å². The van der Waals surface area contributed by atoms with Crippen molar-refractivity contribution in [2.24, 2.45) is 7.05 Å². The van der Waals surface area contributed by atoms with Crippen LogP contribution in [0, 0.1) is 13.8 Å². The molecule has 0 saturated carbocycles. The van der Waals surface area contributed by atoms with E-state index in [1.807, 2.05) is 42.1 Å². The van der Waals surface area contributed by atoms with Gasteiger partial charge in [-0.25, -0.2) is 18.1 Å². The van der Waals surface area contributed by atoms with Crippen LogP contribution in [0.3, 0.4) is 0 Å². The van der Waals surface area contributed by atoms with E-state index in [-0.39, 0.29) is 17.5 Å². The molecule has 0 aliphatic carbocycles. The van der Waals surface area contributed by atoms with E-state index in [0.29, 0.717) is 12.2 Å². The number of sulfone groups is 1. The van der Waals surface area contributed by atoms with Gasteiger partial charge >= 0.3 is 0 Å². The minimum absolute atomic E-state index is 0.127. The zero-order chi connectivity index (χ0) is 18.5. The number of nitrogens with zero attached hydrogens (tertiary/aromatic N) is 4. The van der Waals surface area contributed by atoms with Crippen LogP contribution in [-0.4, -0.2) is 39.3 Å². The fourth-order valence-electron chi connectivity index (χ4n) is 3.52. The van der Waals surface area contributed by atoms with E-state index in [4.69, 9.17) is 10.1 Å². The zero-order valence-electron chi connectivity index (χ0n) is 15.2. The van der Waals surface area contributed by atoms with E-state index in [0.717, 1.165) is 28.3 Å². The predicted octanol–water partition coefficient (Wildman–Crippen LogP) is 2.93. The average Bonchev–Trinajstić information content (AvgIpc) is 3.28. The summed E-state index contributed by atoms with van der Waals surface area (Å²) in [5.74, 6) is 1.71. The molecule has 26 heavy (non-hydrogen) atoms. The number of hydrogen-bond acceptors (Lipinski definition) is 4. The second kappa shape index (κ2) is 6.09. The molecular weight excluding hydrogens is 348 g/mol. The molecule has 0 radical (unpaired) electrons. The highest BCUT2D eigenvalue weighted by Gasteiger charge is 2.32. The third-order valence-corrected chi connectivity index (χ3v) is 6.98. The lowest BCUT2D eigenvalue weighted by atomic mass is 10.2. The second-order valence-electron chi connectivity index (χ2n) is 6.97. The van der Waals surface area contributed by atoms with Gasteiger partial charge in [0.25, 0.3) is 0 Å². The van der Waals surface area contributed by atoms with E-state index in [1.54, 1.807) is 0 Å². The Hall–Kier alpha value is -2.41. The first-order valence-electron chi connectivity index (χ1n) is 8.71. The number of rotatable bonds is 3. The molecule has 1 unspecified atom stereocenters. The molecule has 4 rings (SSSR count). The Morgan fingerprint density at radius 3 is 2.46 bits per heavy atom. The van der Waals surface area contributed by atoms with Crippen LogP contribution in [-0.2, 0) is 16.9 Å². The van der Waals surface area contributed by atoms with E-state index >= 15 is 0 Å². The highest BCUT2D eigenvalue weighted by Crippen LogP contribution is 2.32. The maximum atomic E-state index is 12.0. The third-order valence-electron chi connectivity index (χ3n) is 5.23. The van der Waals surface area contributed by atoms with Crippen molar-refractivity contribution in [3.05, 3.63) is 47.8 Å². The topological polar surface area (TPSA) is 69.8 Å². The van der Waals surface area contributed by atoms with E-state index < -0.39 is 9.84 Å². The molecule has 136 valence electrons. The minimum atomic E-state index is -3.00. The first kappa shape index (κ1) is 17.0. The molecule has 2 aromatic heterocycles. The van der Waals surface area contributed by atoms with Crippen molar-refractivity contribution in [2.45, 2.75) is 26.3 Å². The lowest BCUT2D eigenvalue weighted by molar-refractivity contribution is 0.505. The molecule has 3 aromatic rings. The van der Waals surface area contributed by atoms with Crippen LogP contribution in [0.2, 0.25) is 0 Å². The first-order valence-corrected chi connectivity index (χ1v) is 10.5. The molecule has 1 aliphatic heterocycles. The van der Waals surface area contributed by atoms with Gasteiger partial charge in [0.2, 0.25) is 0 Å². The smallest absolute Gasteiger partial charge is 0.181 e. The van der Waals surface area contributed by atoms with E-state index in [1.165, 1.54) is 0 Å². The van der Waals surface area contributed by atoms with Crippen molar-refractivity contribution in [2.75, 3.05) is 11.5 Å². The number of benzene rings is 1. The van der Waals surface area contributed by atoms with Crippen LogP contribution >= 0.6 is 0 Å². The fourth-order valence-corrected chi connectivity index (χ4v) is 5.21. The van der Waals surface area contributed by atoms with Crippen LogP contribution in [0.4, 0.5) is 0 Å². The van der Waals surface area contributed by atoms with Crippen LogP contribution in [0.1, 0.15) is 23.9 Å². The Bertz CT molecular complexity index is 1060. The van der Waals surface area contributed by atoms with Crippen LogP contribution < -0.4 is 0 Å². The zero-order valence-corrected chi connectivity index (χ0v) is 16.0. The molecule has 1 atom stereocenters. The number of aromatic nitrogens is 4. The molecule has 1 aromatic carbocycles. The van der Waals surface area contributed by atoms with Gasteiger partial charge < -0.3 is 4.57 Å². The van der Waals surface area contributed by atoms with Crippen molar-refractivity contribution < 1.29 is 8.42 Å². The van der Waals surface area contributed by atoms with E-state index in [9.17, 15) is 8.42 Å². The fraction of sp³-hybridized carbons (Fsp3) is 0.368. The molecular formula is C19H22N4O2S. The van der Waals surface area contributed by atoms with Gasteiger partial charge in [-0.2, -0.15) is 5.10 Å². The highest BCUT2D eigenvalue weighted by atomic mass is 32.2. The standard InChI is InChI=1S/C19H22N4O2S/c1-13-11-17(14(2)22(13)3)19-20-18(15-7-5-4-6-8-15)21-23(19)16-9-10-26(24,25)12-16/h4-8,11,16H,9-10,12H2,1-3H3. The minimum Gasteiger partial charge on any atom is -0.351 e.